The van der Waals surface area contributed by atoms with Crippen LogP contribution < -0.4 is 0 Å². The van der Waals surface area contributed by atoms with E-state index >= 15 is 0 Å². The average Bonchev–Trinajstić information content (AvgIpc) is 2.86. The zero-order valence-corrected chi connectivity index (χ0v) is 21.0. The van der Waals surface area contributed by atoms with Gasteiger partial charge in [-0.3, -0.25) is 4.98 Å². The van der Waals surface area contributed by atoms with Gasteiger partial charge in [0.15, 0.2) is 9.84 Å². The zero-order chi connectivity index (χ0) is 25.2. The normalized spacial score (nSPS) is 12.2. The Morgan fingerprint density at radius 1 is 0.914 bits per heavy atom. The summed E-state index contributed by atoms with van der Waals surface area (Å²) in [6.07, 6.45) is 6.14. The molecule has 0 fully saturated rings. The van der Waals surface area contributed by atoms with Crippen molar-refractivity contribution >= 4 is 32.8 Å². The Morgan fingerprint density at radius 3 is 2.34 bits per heavy atom. The van der Waals surface area contributed by atoms with E-state index in [4.69, 9.17) is 4.74 Å². The van der Waals surface area contributed by atoms with Gasteiger partial charge in [-0.2, -0.15) is 0 Å². The van der Waals surface area contributed by atoms with Gasteiger partial charge in [-0.25, -0.2) is 13.2 Å². The van der Waals surface area contributed by atoms with E-state index in [0.29, 0.717) is 5.56 Å². The van der Waals surface area contributed by atoms with Crippen LogP contribution in [0.15, 0.2) is 85.1 Å². The van der Waals surface area contributed by atoms with Gasteiger partial charge in [0.1, 0.15) is 0 Å². The maximum Gasteiger partial charge on any atom is 0.330 e. The second kappa shape index (κ2) is 9.47. The van der Waals surface area contributed by atoms with Crippen LogP contribution in [0.3, 0.4) is 0 Å². The van der Waals surface area contributed by atoms with Crippen LogP contribution in [-0.4, -0.2) is 32.7 Å². The molecule has 3 aromatic carbocycles. The van der Waals surface area contributed by atoms with Gasteiger partial charge in [-0.15, -0.1) is 0 Å². The van der Waals surface area contributed by atoms with Crippen LogP contribution in [0, 0.1) is 0 Å². The summed E-state index contributed by atoms with van der Waals surface area (Å²) >= 11 is 0. The smallest absolute Gasteiger partial charge is 0.330 e. The summed E-state index contributed by atoms with van der Waals surface area (Å²) in [5, 5.41) is 0.878. The number of methoxy groups -OCH3 is 1. The highest BCUT2D eigenvalue weighted by Crippen LogP contribution is 2.37. The van der Waals surface area contributed by atoms with E-state index in [0.717, 1.165) is 38.7 Å². The van der Waals surface area contributed by atoms with Gasteiger partial charge >= 0.3 is 5.97 Å². The summed E-state index contributed by atoms with van der Waals surface area (Å²) in [7, 11) is -2.01. The van der Waals surface area contributed by atoms with Gasteiger partial charge in [-0.05, 0) is 72.0 Å². The Morgan fingerprint density at radius 2 is 1.63 bits per heavy atom. The van der Waals surface area contributed by atoms with Gasteiger partial charge in [0.2, 0.25) is 0 Å². The number of pyridine rings is 1. The largest absolute Gasteiger partial charge is 0.466 e. The van der Waals surface area contributed by atoms with Gasteiger partial charge in [0.05, 0.1) is 17.4 Å². The lowest BCUT2D eigenvalue weighted by Gasteiger charge is -2.24. The minimum absolute atomic E-state index is 0.420. The fourth-order valence-corrected chi connectivity index (χ4v) is 4.51. The van der Waals surface area contributed by atoms with Crippen LogP contribution in [-0.2, 0) is 24.1 Å². The third-order valence-electron chi connectivity index (χ3n) is 6.37. The highest BCUT2D eigenvalue weighted by molar-refractivity contribution is 7.91. The van der Waals surface area contributed by atoms with Crippen LogP contribution >= 0.6 is 0 Å². The summed E-state index contributed by atoms with van der Waals surface area (Å²) in [5.41, 5.74) is 6.09. The van der Waals surface area contributed by atoms with E-state index in [9.17, 15) is 13.2 Å². The molecule has 0 radical (unpaired) electrons. The Labute approximate surface area is 206 Å². The molecule has 0 amide bonds. The fourth-order valence-electron chi connectivity index (χ4n) is 3.96. The molecule has 0 spiro atoms. The van der Waals surface area contributed by atoms with E-state index in [1.165, 1.54) is 19.4 Å². The number of benzene rings is 3. The summed E-state index contributed by atoms with van der Waals surface area (Å²) in [5.74, 6) is -0.420. The molecule has 0 bridgehead atoms. The first-order chi connectivity index (χ1) is 16.6. The van der Waals surface area contributed by atoms with Crippen LogP contribution in [0.2, 0.25) is 0 Å². The number of carbonyl (C=O) groups excluding carboxylic acids is 1. The molecule has 0 N–H and O–H groups in total. The van der Waals surface area contributed by atoms with Gasteiger partial charge in [0, 0.05) is 29.5 Å². The van der Waals surface area contributed by atoms with Crippen molar-refractivity contribution in [3.8, 4) is 22.3 Å². The van der Waals surface area contributed by atoms with Crippen molar-refractivity contribution < 1.29 is 17.9 Å². The summed E-state index contributed by atoms with van der Waals surface area (Å²) in [6, 6.07) is 23.5. The summed E-state index contributed by atoms with van der Waals surface area (Å²) < 4.78 is 28.8. The highest BCUT2D eigenvalue weighted by atomic mass is 32.2. The second-order valence-electron chi connectivity index (χ2n) is 8.91. The number of fused-ring (bicyclic) bond motifs is 1. The number of hydrogen-bond donors (Lipinski definition) is 0. The van der Waals surface area contributed by atoms with Gasteiger partial charge < -0.3 is 4.74 Å². The predicted octanol–water partition coefficient (Wildman–Crippen LogP) is 6.03. The molecule has 0 saturated carbocycles. The molecule has 0 atom stereocenters. The Bertz CT molecular complexity index is 1550. The van der Waals surface area contributed by atoms with E-state index in [1.54, 1.807) is 26.1 Å². The minimum atomic E-state index is -3.36. The first kappa shape index (κ1) is 24.4. The lowest BCUT2D eigenvalue weighted by atomic mass is 9.91. The zero-order valence-electron chi connectivity index (χ0n) is 20.1. The molecule has 35 heavy (non-hydrogen) atoms. The van der Waals surface area contributed by atoms with E-state index in [-0.39, 0.29) is 0 Å². The lowest BCUT2D eigenvalue weighted by Crippen LogP contribution is -2.28. The number of hydrogen-bond acceptors (Lipinski definition) is 5. The molecule has 5 nitrogen and oxygen atoms in total. The SMILES string of the molecule is COC(=O)C=Cc1ccccc1-c1cccc(-c2cc(C(C)(C)S(C)(=O)=O)cc3cccnc23)c1. The van der Waals surface area contributed by atoms with E-state index in [2.05, 4.69) is 11.1 Å². The minimum Gasteiger partial charge on any atom is -0.466 e. The molecule has 0 unspecified atom stereocenters. The second-order valence-corrected chi connectivity index (χ2v) is 11.5. The molecule has 1 heterocycles. The molecule has 0 aliphatic carbocycles. The highest BCUT2D eigenvalue weighted by Gasteiger charge is 2.33. The monoisotopic (exact) mass is 485 g/mol. The van der Waals surface area contributed by atoms with Crippen molar-refractivity contribution in [2.75, 3.05) is 13.4 Å². The first-order valence-corrected chi connectivity index (χ1v) is 13.1. The molecular weight excluding hydrogens is 458 g/mol. The number of esters is 1. The number of sulfone groups is 1. The quantitative estimate of drug-likeness (QED) is 0.246. The standard InChI is InChI=1S/C29H27NO4S/c1-29(2,35(4,32)33)24-18-23-12-8-16-30-28(23)26(19-24)22-11-7-10-21(17-22)25-13-6-5-9-20(25)14-15-27(31)34-3/h5-19H,1-4H3. The maximum absolute atomic E-state index is 12.6. The number of rotatable bonds is 6. The molecular formula is C29H27NO4S. The number of ether oxygens (including phenoxy) is 1. The third-order valence-corrected chi connectivity index (χ3v) is 8.46. The van der Waals surface area contributed by atoms with Crippen molar-refractivity contribution in [1.29, 1.82) is 0 Å². The van der Waals surface area contributed by atoms with Crippen LogP contribution in [0.1, 0.15) is 25.0 Å². The van der Waals surface area contributed by atoms with E-state index in [1.807, 2.05) is 66.7 Å². The number of aromatic nitrogens is 1. The van der Waals surface area contributed by atoms with Crippen LogP contribution in [0.25, 0.3) is 39.2 Å². The van der Waals surface area contributed by atoms with Crippen molar-refractivity contribution in [2.45, 2.75) is 18.6 Å². The van der Waals surface area contributed by atoms with Crippen molar-refractivity contribution in [3.63, 3.8) is 0 Å². The molecule has 6 heteroatoms. The summed E-state index contributed by atoms with van der Waals surface area (Å²) in [4.78, 5) is 16.2. The predicted molar refractivity (Wildman–Crippen MR) is 142 cm³/mol. The molecule has 0 aliphatic heterocycles. The van der Waals surface area contributed by atoms with Gasteiger partial charge in [0.25, 0.3) is 0 Å². The molecule has 0 saturated heterocycles. The fraction of sp³-hybridized carbons (Fsp3) is 0.172. The lowest BCUT2D eigenvalue weighted by molar-refractivity contribution is -0.134. The Balaban J connectivity index is 1.90. The molecule has 0 aliphatic rings. The van der Waals surface area contributed by atoms with Crippen molar-refractivity contribution in [1.82, 2.24) is 4.98 Å². The Kier molecular flexibility index (Phi) is 6.59. The maximum atomic E-state index is 12.6. The van der Waals surface area contributed by atoms with Gasteiger partial charge in [-0.1, -0.05) is 48.5 Å². The molecule has 4 rings (SSSR count). The molecule has 4 aromatic rings. The van der Waals surface area contributed by atoms with Crippen LogP contribution in [0.5, 0.6) is 0 Å². The number of nitrogens with zero attached hydrogens (tertiary/aromatic N) is 1. The van der Waals surface area contributed by atoms with Crippen LogP contribution in [0.4, 0.5) is 0 Å². The van der Waals surface area contributed by atoms with E-state index < -0.39 is 20.6 Å². The number of carbonyl (C=O) groups is 1. The van der Waals surface area contributed by atoms with Crippen molar-refractivity contribution in [3.05, 3.63) is 96.2 Å². The first-order valence-electron chi connectivity index (χ1n) is 11.2. The third kappa shape index (κ3) is 4.88. The van der Waals surface area contributed by atoms with Crippen molar-refractivity contribution in [2.24, 2.45) is 0 Å². The Hall–Kier alpha value is -3.77. The molecule has 178 valence electrons. The topological polar surface area (TPSA) is 73.3 Å². The molecule has 1 aromatic heterocycles. The average molecular weight is 486 g/mol. The summed E-state index contributed by atoms with van der Waals surface area (Å²) in [6.45, 7) is 3.45.